The SMILES string of the molecule is CCCCOc1ncc(I)c(-c2c(C(N)=O)nn(CCOC)c2CC)c1C(N)=O. The minimum Gasteiger partial charge on any atom is -0.477 e. The predicted molar refractivity (Wildman–Crippen MR) is 117 cm³/mol. The normalized spacial score (nSPS) is 10.9. The number of pyridine rings is 1. The zero-order valence-corrected chi connectivity index (χ0v) is 19.0. The molecule has 0 aliphatic rings. The predicted octanol–water partition coefficient (Wildman–Crippen LogP) is 2.14. The number of ether oxygens (including phenoxy) is 2. The summed E-state index contributed by atoms with van der Waals surface area (Å²) in [7, 11) is 1.59. The number of halogens is 1. The highest BCUT2D eigenvalue weighted by molar-refractivity contribution is 14.1. The van der Waals surface area contributed by atoms with Crippen molar-refractivity contribution in [3.8, 4) is 17.0 Å². The monoisotopic (exact) mass is 515 g/mol. The summed E-state index contributed by atoms with van der Waals surface area (Å²) < 4.78 is 13.2. The molecule has 0 spiro atoms. The van der Waals surface area contributed by atoms with Crippen molar-refractivity contribution in [2.45, 2.75) is 39.7 Å². The van der Waals surface area contributed by atoms with Crippen LogP contribution in [-0.4, -0.2) is 46.9 Å². The fraction of sp³-hybridized carbons (Fsp3) is 0.474. The third kappa shape index (κ3) is 5.04. The van der Waals surface area contributed by atoms with Crippen molar-refractivity contribution < 1.29 is 19.1 Å². The molecule has 0 aliphatic heterocycles. The number of aromatic nitrogens is 3. The van der Waals surface area contributed by atoms with Gasteiger partial charge in [-0.3, -0.25) is 14.3 Å². The summed E-state index contributed by atoms with van der Waals surface area (Å²) in [6.07, 6.45) is 3.88. The Labute approximate surface area is 183 Å². The Morgan fingerprint density at radius 2 is 1.90 bits per heavy atom. The molecule has 2 amide bonds. The fourth-order valence-corrected chi connectivity index (χ4v) is 3.70. The van der Waals surface area contributed by atoms with Gasteiger partial charge in [-0.2, -0.15) is 5.10 Å². The van der Waals surface area contributed by atoms with Crippen LogP contribution in [0.2, 0.25) is 0 Å². The lowest BCUT2D eigenvalue weighted by atomic mass is 9.97. The molecule has 0 radical (unpaired) electrons. The molecule has 0 saturated heterocycles. The van der Waals surface area contributed by atoms with Crippen LogP contribution in [0, 0.1) is 3.57 Å². The van der Waals surface area contributed by atoms with Crippen LogP contribution in [0.4, 0.5) is 0 Å². The molecule has 0 saturated carbocycles. The molecule has 158 valence electrons. The molecule has 29 heavy (non-hydrogen) atoms. The van der Waals surface area contributed by atoms with E-state index in [0.717, 1.165) is 18.5 Å². The van der Waals surface area contributed by atoms with Gasteiger partial charge in [-0.1, -0.05) is 20.3 Å². The first-order valence-electron chi connectivity index (χ1n) is 9.37. The number of primary amides is 2. The Hall–Kier alpha value is -2.21. The standard InChI is InChI=1S/C19H26IN5O4/c1-4-6-8-29-19-15(17(21)26)13(11(20)10-23-19)14-12(5-2)25(7-9-28-3)24-16(14)18(22)27/h10H,4-9H2,1-3H3,(H2,21,26)(H2,22,27). The molecule has 10 heteroatoms. The van der Waals surface area contributed by atoms with Crippen LogP contribution < -0.4 is 16.2 Å². The number of carbonyl (C=O) groups is 2. The highest BCUT2D eigenvalue weighted by atomic mass is 127. The zero-order chi connectivity index (χ0) is 21.6. The maximum absolute atomic E-state index is 12.4. The fourth-order valence-electron chi connectivity index (χ4n) is 3.02. The topological polar surface area (TPSA) is 135 Å². The Morgan fingerprint density at radius 1 is 1.17 bits per heavy atom. The van der Waals surface area contributed by atoms with E-state index in [4.69, 9.17) is 20.9 Å². The lowest BCUT2D eigenvalue weighted by Gasteiger charge is -2.15. The minimum atomic E-state index is -0.695. The van der Waals surface area contributed by atoms with Crippen molar-refractivity contribution in [1.29, 1.82) is 0 Å². The Balaban J connectivity index is 2.78. The van der Waals surface area contributed by atoms with E-state index in [-0.39, 0.29) is 17.1 Å². The maximum atomic E-state index is 12.4. The van der Waals surface area contributed by atoms with Crippen LogP contribution in [0.25, 0.3) is 11.1 Å². The molecule has 0 unspecified atom stereocenters. The van der Waals surface area contributed by atoms with Gasteiger partial charge in [0.2, 0.25) is 5.88 Å². The van der Waals surface area contributed by atoms with Crippen LogP contribution in [0.15, 0.2) is 6.20 Å². The van der Waals surface area contributed by atoms with Crippen molar-refractivity contribution in [2.75, 3.05) is 20.3 Å². The molecule has 9 nitrogen and oxygen atoms in total. The molecule has 0 aliphatic carbocycles. The highest BCUT2D eigenvalue weighted by Crippen LogP contribution is 2.37. The minimum absolute atomic E-state index is 0.0732. The van der Waals surface area contributed by atoms with Gasteiger partial charge in [0.1, 0.15) is 5.56 Å². The number of rotatable bonds is 11. The number of hydrogen-bond donors (Lipinski definition) is 2. The maximum Gasteiger partial charge on any atom is 0.269 e. The molecule has 0 atom stereocenters. The first-order valence-corrected chi connectivity index (χ1v) is 10.4. The van der Waals surface area contributed by atoms with Gasteiger partial charge in [0.05, 0.1) is 19.8 Å². The summed E-state index contributed by atoms with van der Waals surface area (Å²) in [6.45, 7) is 5.22. The smallest absolute Gasteiger partial charge is 0.269 e. The number of methoxy groups -OCH3 is 1. The molecule has 0 aromatic carbocycles. The van der Waals surface area contributed by atoms with Crippen LogP contribution in [0.5, 0.6) is 5.88 Å². The number of nitrogens with zero attached hydrogens (tertiary/aromatic N) is 3. The lowest BCUT2D eigenvalue weighted by Crippen LogP contribution is -2.18. The Morgan fingerprint density at radius 3 is 2.45 bits per heavy atom. The van der Waals surface area contributed by atoms with E-state index in [0.29, 0.717) is 40.9 Å². The average Bonchev–Trinajstić information content (AvgIpc) is 3.05. The zero-order valence-electron chi connectivity index (χ0n) is 16.8. The number of nitrogens with two attached hydrogens (primary N) is 2. The largest absolute Gasteiger partial charge is 0.477 e. The van der Waals surface area contributed by atoms with Gasteiger partial charge in [-0.05, 0) is 35.4 Å². The molecule has 2 heterocycles. The average molecular weight is 515 g/mol. The van der Waals surface area contributed by atoms with E-state index in [2.05, 4.69) is 32.7 Å². The molecule has 2 rings (SSSR count). The van der Waals surface area contributed by atoms with E-state index in [9.17, 15) is 9.59 Å². The Kier molecular flexibility index (Phi) is 8.38. The highest BCUT2D eigenvalue weighted by Gasteiger charge is 2.29. The van der Waals surface area contributed by atoms with Gasteiger partial charge in [0.15, 0.2) is 5.69 Å². The molecule has 0 bridgehead atoms. The van der Waals surface area contributed by atoms with Crippen molar-refractivity contribution in [2.24, 2.45) is 11.5 Å². The molecular weight excluding hydrogens is 489 g/mol. The van der Waals surface area contributed by atoms with Crippen molar-refractivity contribution in [1.82, 2.24) is 14.8 Å². The summed E-state index contributed by atoms with van der Waals surface area (Å²) in [6, 6.07) is 0. The Bertz CT molecular complexity index is 897. The van der Waals surface area contributed by atoms with Crippen molar-refractivity contribution in [3.63, 3.8) is 0 Å². The van der Waals surface area contributed by atoms with Gasteiger partial charge in [-0.25, -0.2) is 4.98 Å². The van der Waals surface area contributed by atoms with Crippen LogP contribution >= 0.6 is 22.6 Å². The van der Waals surface area contributed by atoms with E-state index < -0.39 is 11.8 Å². The number of amides is 2. The first-order chi connectivity index (χ1) is 13.9. The second kappa shape index (κ2) is 10.5. The summed E-state index contributed by atoms with van der Waals surface area (Å²) >= 11 is 2.06. The second-order valence-corrected chi connectivity index (χ2v) is 7.49. The first kappa shape index (κ1) is 23.1. The second-order valence-electron chi connectivity index (χ2n) is 6.33. The third-order valence-electron chi connectivity index (χ3n) is 4.36. The van der Waals surface area contributed by atoms with Gasteiger partial charge in [-0.15, -0.1) is 0 Å². The summed E-state index contributed by atoms with van der Waals surface area (Å²) in [5.41, 5.74) is 13.2. The van der Waals surface area contributed by atoms with Crippen LogP contribution in [0.1, 0.15) is 53.2 Å². The van der Waals surface area contributed by atoms with E-state index in [1.807, 2.05) is 13.8 Å². The molecule has 4 N–H and O–H groups in total. The molecule has 2 aromatic heterocycles. The quantitative estimate of drug-likeness (QED) is 0.348. The van der Waals surface area contributed by atoms with E-state index in [1.165, 1.54) is 0 Å². The van der Waals surface area contributed by atoms with Crippen LogP contribution in [0.3, 0.4) is 0 Å². The van der Waals surface area contributed by atoms with Gasteiger partial charge in [0.25, 0.3) is 11.8 Å². The summed E-state index contributed by atoms with van der Waals surface area (Å²) in [5.74, 6) is -1.24. The van der Waals surface area contributed by atoms with Gasteiger partial charge in [0, 0.05) is 33.7 Å². The molecule has 2 aromatic rings. The van der Waals surface area contributed by atoms with Crippen molar-refractivity contribution >= 4 is 34.4 Å². The van der Waals surface area contributed by atoms with Crippen molar-refractivity contribution in [3.05, 3.63) is 26.7 Å². The lowest BCUT2D eigenvalue weighted by molar-refractivity contribution is 0.0985. The van der Waals surface area contributed by atoms with E-state index in [1.54, 1.807) is 18.0 Å². The molecule has 0 fully saturated rings. The van der Waals surface area contributed by atoms with Crippen LogP contribution in [-0.2, 0) is 17.7 Å². The third-order valence-corrected chi connectivity index (χ3v) is 5.18. The number of carbonyl (C=O) groups excluding carboxylic acids is 2. The summed E-state index contributed by atoms with van der Waals surface area (Å²) in [5, 5.41) is 4.39. The number of hydrogen-bond acceptors (Lipinski definition) is 6. The van der Waals surface area contributed by atoms with Gasteiger partial charge >= 0.3 is 0 Å². The number of unbranched alkanes of at least 4 members (excludes halogenated alkanes) is 1. The molecular formula is C19H26IN5O4. The van der Waals surface area contributed by atoms with E-state index >= 15 is 0 Å². The summed E-state index contributed by atoms with van der Waals surface area (Å²) in [4.78, 5) is 28.8. The van der Waals surface area contributed by atoms with Gasteiger partial charge < -0.3 is 20.9 Å².